The van der Waals surface area contributed by atoms with E-state index in [-0.39, 0.29) is 11.9 Å². The van der Waals surface area contributed by atoms with E-state index in [0.717, 1.165) is 24.9 Å². The van der Waals surface area contributed by atoms with E-state index in [9.17, 15) is 9.59 Å². The number of piperidine rings is 1. The number of halogens is 1. The quantitative estimate of drug-likeness (QED) is 0.926. The predicted octanol–water partition coefficient (Wildman–Crippen LogP) is 2.62. The zero-order valence-corrected chi connectivity index (χ0v) is 13.4. The Hall–Kier alpha value is -1.75. The summed E-state index contributed by atoms with van der Waals surface area (Å²) in [6, 6.07) is 7.25. The number of nitrogens with zero attached hydrogens (tertiary/aromatic N) is 1. The first-order valence-corrected chi connectivity index (χ1v) is 7.91. The Morgan fingerprint density at radius 3 is 2.77 bits per heavy atom. The lowest BCUT2D eigenvalue weighted by atomic mass is 10.0. The highest BCUT2D eigenvalue weighted by atomic mass is 35.5. The summed E-state index contributed by atoms with van der Waals surface area (Å²) in [4.78, 5) is 25.6. The summed E-state index contributed by atoms with van der Waals surface area (Å²) in [7, 11) is 0. The molecule has 1 aromatic rings. The standard InChI is InChI=1S/C16H21ClN2O3/c1-2-22-16(21)18-14-4-3-9-19(11-14)15(20)10-12-5-7-13(17)8-6-12/h5-8,14H,2-4,9-11H2,1H3,(H,18,21)/t14-/m0/s1. The molecule has 1 aliphatic rings. The molecule has 0 aliphatic carbocycles. The lowest BCUT2D eigenvalue weighted by Crippen LogP contribution is -2.50. The highest BCUT2D eigenvalue weighted by molar-refractivity contribution is 6.30. The molecular weight excluding hydrogens is 304 g/mol. The fourth-order valence-electron chi connectivity index (χ4n) is 2.55. The Balaban J connectivity index is 1.87. The molecule has 1 saturated heterocycles. The van der Waals surface area contributed by atoms with Crippen molar-refractivity contribution in [1.82, 2.24) is 10.2 Å². The smallest absolute Gasteiger partial charge is 0.407 e. The van der Waals surface area contributed by atoms with Crippen LogP contribution in [0, 0.1) is 0 Å². The van der Waals surface area contributed by atoms with Crippen LogP contribution in [0.3, 0.4) is 0 Å². The topological polar surface area (TPSA) is 58.6 Å². The van der Waals surface area contributed by atoms with Crippen molar-refractivity contribution >= 4 is 23.6 Å². The third-order valence-electron chi connectivity index (χ3n) is 3.64. The average molecular weight is 325 g/mol. The van der Waals surface area contributed by atoms with E-state index in [4.69, 9.17) is 16.3 Å². The van der Waals surface area contributed by atoms with Crippen molar-refractivity contribution in [2.75, 3.05) is 19.7 Å². The van der Waals surface area contributed by atoms with Gasteiger partial charge in [-0.25, -0.2) is 4.79 Å². The second-order valence-electron chi connectivity index (χ2n) is 5.35. The van der Waals surface area contributed by atoms with Gasteiger partial charge in [0.2, 0.25) is 5.91 Å². The minimum atomic E-state index is -0.417. The second-order valence-corrected chi connectivity index (χ2v) is 5.78. The minimum absolute atomic E-state index is 0.0398. The van der Waals surface area contributed by atoms with E-state index in [0.29, 0.717) is 24.6 Å². The van der Waals surface area contributed by atoms with Crippen LogP contribution in [-0.2, 0) is 16.0 Å². The lowest BCUT2D eigenvalue weighted by Gasteiger charge is -2.33. The third kappa shape index (κ3) is 4.91. The fraction of sp³-hybridized carbons (Fsp3) is 0.500. The van der Waals surface area contributed by atoms with Gasteiger partial charge in [0.1, 0.15) is 0 Å². The first-order chi connectivity index (χ1) is 10.6. The molecule has 0 radical (unpaired) electrons. The number of alkyl carbamates (subject to hydrolysis) is 1. The maximum Gasteiger partial charge on any atom is 0.407 e. The van der Waals surface area contributed by atoms with Gasteiger partial charge in [-0.2, -0.15) is 0 Å². The number of carbonyl (C=O) groups excluding carboxylic acids is 2. The van der Waals surface area contributed by atoms with Gasteiger partial charge in [-0.15, -0.1) is 0 Å². The Bertz CT molecular complexity index is 519. The van der Waals surface area contributed by atoms with Crippen molar-refractivity contribution < 1.29 is 14.3 Å². The largest absolute Gasteiger partial charge is 0.450 e. The number of amides is 2. The molecule has 0 unspecified atom stereocenters. The van der Waals surface area contributed by atoms with E-state index >= 15 is 0 Å². The van der Waals surface area contributed by atoms with Crippen molar-refractivity contribution in [3.63, 3.8) is 0 Å². The van der Waals surface area contributed by atoms with Crippen molar-refractivity contribution in [3.05, 3.63) is 34.9 Å². The van der Waals surface area contributed by atoms with Crippen molar-refractivity contribution in [2.45, 2.75) is 32.2 Å². The SMILES string of the molecule is CCOC(=O)N[C@H]1CCCN(C(=O)Cc2ccc(Cl)cc2)C1. The van der Waals surface area contributed by atoms with Crippen molar-refractivity contribution in [3.8, 4) is 0 Å². The maximum atomic E-state index is 12.4. The number of rotatable bonds is 4. The van der Waals surface area contributed by atoms with Gasteiger partial charge in [-0.1, -0.05) is 23.7 Å². The molecule has 1 fully saturated rings. The van der Waals surface area contributed by atoms with Gasteiger partial charge in [0.25, 0.3) is 0 Å². The lowest BCUT2D eigenvalue weighted by molar-refractivity contribution is -0.131. The molecule has 0 saturated carbocycles. The summed E-state index contributed by atoms with van der Waals surface area (Å²) in [6.07, 6.45) is 1.68. The highest BCUT2D eigenvalue weighted by Gasteiger charge is 2.25. The fourth-order valence-corrected chi connectivity index (χ4v) is 2.68. The molecule has 1 aromatic carbocycles. The van der Waals surface area contributed by atoms with Crippen LogP contribution in [0.1, 0.15) is 25.3 Å². The van der Waals surface area contributed by atoms with Gasteiger partial charge < -0.3 is 15.0 Å². The van der Waals surface area contributed by atoms with Crippen LogP contribution in [0.5, 0.6) is 0 Å². The summed E-state index contributed by atoms with van der Waals surface area (Å²) in [6.45, 7) is 3.37. The summed E-state index contributed by atoms with van der Waals surface area (Å²) in [5, 5.41) is 3.46. The molecule has 0 bridgehead atoms. The first kappa shape index (κ1) is 16.6. The highest BCUT2D eigenvalue weighted by Crippen LogP contribution is 2.14. The predicted molar refractivity (Wildman–Crippen MR) is 84.9 cm³/mol. The molecule has 1 heterocycles. The van der Waals surface area contributed by atoms with Gasteiger partial charge in [0.05, 0.1) is 13.0 Å². The number of likely N-dealkylation sites (tertiary alicyclic amines) is 1. The van der Waals surface area contributed by atoms with Gasteiger partial charge >= 0.3 is 6.09 Å². The Kier molecular flexibility index (Phi) is 6.07. The van der Waals surface area contributed by atoms with Gasteiger partial charge in [0.15, 0.2) is 0 Å². The second kappa shape index (κ2) is 8.03. The number of ether oxygens (including phenoxy) is 1. The van der Waals surface area contributed by atoms with E-state index in [1.54, 1.807) is 24.0 Å². The Morgan fingerprint density at radius 1 is 1.36 bits per heavy atom. The molecule has 1 N–H and O–H groups in total. The molecule has 2 rings (SSSR count). The van der Waals surface area contributed by atoms with Gasteiger partial charge in [-0.3, -0.25) is 4.79 Å². The summed E-state index contributed by atoms with van der Waals surface area (Å²) < 4.78 is 4.88. The van der Waals surface area contributed by atoms with E-state index in [2.05, 4.69) is 5.32 Å². The molecule has 2 amide bonds. The number of hydrogen-bond donors (Lipinski definition) is 1. The van der Waals surface area contributed by atoms with E-state index in [1.807, 2.05) is 12.1 Å². The summed E-state index contributed by atoms with van der Waals surface area (Å²) in [5.41, 5.74) is 0.940. The Labute approximate surface area is 135 Å². The number of benzene rings is 1. The van der Waals surface area contributed by atoms with Crippen molar-refractivity contribution in [1.29, 1.82) is 0 Å². The van der Waals surface area contributed by atoms with E-state index < -0.39 is 6.09 Å². The summed E-state index contributed by atoms with van der Waals surface area (Å²) in [5.74, 6) is 0.0673. The number of carbonyl (C=O) groups is 2. The molecule has 5 nitrogen and oxygen atoms in total. The molecule has 1 aliphatic heterocycles. The van der Waals surface area contributed by atoms with Crippen LogP contribution in [0.2, 0.25) is 5.02 Å². The van der Waals surface area contributed by atoms with Crippen molar-refractivity contribution in [2.24, 2.45) is 0 Å². The van der Waals surface area contributed by atoms with Gasteiger partial charge in [0, 0.05) is 24.2 Å². The molecule has 22 heavy (non-hydrogen) atoms. The first-order valence-electron chi connectivity index (χ1n) is 7.54. The normalized spacial score (nSPS) is 17.9. The molecule has 1 atom stereocenters. The van der Waals surface area contributed by atoms with Crippen LogP contribution in [0.15, 0.2) is 24.3 Å². The van der Waals surface area contributed by atoms with Crippen LogP contribution in [0.25, 0.3) is 0 Å². The zero-order chi connectivity index (χ0) is 15.9. The van der Waals surface area contributed by atoms with Crippen LogP contribution in [0.4, 0.5) is 4.79 Å². The molecule has 0 aromatic heterocycles. The molecule has 120 valence electrons. The third-order valence-corrected chi connectivity index (χ3v) is 3.89. The van der Waals surface area contributed by atoms with Crippen LogP contribution < -0.4 is 5.32 Å². The molecule has 6 heteroatoms. The van der Waals surface area contributed by atoms with Crippen LogP contribution >= 0.6 is 11.6 Å². The Morgan fingerprint density at radius 2 is 2.09 bits per heavy atom. The molecule has 0 spiro atoms. The molecular formula is C16H21ClN2O3. The average Bonchev–Trinajstić information content (AvgIpc) is 2.50. The number of nitrogens with one attached hydrogen (secondary N) is 1. The van der Waals surface area contributed by atoms with E-state index in [1.165, 1.54) is 0 Å². The monoisotopic (exact) mass is 324 g/mol. The summed E-state index contributed by atoms with van der Waals surface area (Å²) >= 11 is 5.84. The number of hydrogen-bond acceptors (Lipinski definition) is 3. The maximum absolute atomic E-state index is 12.4. The zero-order valence-electron chi connectivity index (χ0n) is 12.7. The minimum Gasteiger partial charge on any atom is -0.450 e. The van der Waals surface area contributed by atoms with Gasteiger partial charge in [-0.05, 0) is 37.5 Å². The van der Waals surface area contributed by atoms with Crippen LogP contribution in [-0.4, -0.2) is 42.6 Å².